The van der Waals surface area contributed by atoms with Gasteiger partial charge in [-0.25, -0.2) is 0 Å². The summed E-state index contributed by atoms with van der Waals surface area (Å²) >= 11 is 7.02. The van der Waals surface area contributed by atoms with E-state index in [1.54, 1.807) is 21.7 Å². The van der Waals surface area contributed by atoms with E-state index in [4.69, 9.17) is 12.2 Å². The molecule has 0 bridgehead atoms. The molecule has 0 nitrogen and oxygen atoms in total. The molecule has 0 aliphatic rings. The van der Waals surface area contributed by atoms with Crippen molar-refractivity contribution >= 4 is 49.3 Å². The second kappa shape index (κ2) is 37.4. The van der Waals surface area contributed by atoms with E-state index in [2.05, 4.69) is 27.7 Å². The number of unbranched alkanes of at least 4 members (excludes halogenated alkanes) is 19. The summed E-state index contributed by atoms with van der Waals surface area (Å²) in [6.45, 7) is 9.00. The third kappa shape index (κ3) is 39.9. The molecule has 0 aromatic heterocycles. The second-order valence-electron chi connectivity index (χ2n) is 10.4. The Labute approximate surface area is 244 Å². The molecule has 0 aromatic carbocycles. The van der Waals surface area contributed by atoms with Crippen LogP contribution in [0.2, 0.25) is 8.87 Å². The van der Waals surface area contributed by atoms with Crippen LogP contribution in [0.1, 0.15) is 182 Å². The quantitative estimate of drug-likeness (QED) is 0.0502. The Balaban J connectivity index is 0. The molecule has 0 aliphatic heterocycles. The minimum Gasteiger partial charge on any atom is -0.119 e. The summed E-state index contributed by atoms with van der Waals surface area (Å²) in [6, 6.07) is 0. The smallest absolute Gasteiger partial charge is 0.119 e. The first-order chi connectivity index (χ1) is 17.2. The molecule has 0 amide bonds. The minimum absolute atomic E-state index is 0.0377. The normalized spacial score (nSPS) is 10.9. The van der Waals surface area contributed by atoms with Gasteiger partial charge < -0.3 is 0 Å². The Kier molecular flexibility index (Phi) is 41.0. The van der Waals surface area contributed by atoms with Crippen LogP contribution in [0.4, 0.5) is 0 Å². The molecule has 0 atom stereocenters. The van der Waals surface area contributed by atoms with E-state index >= 15 is 0 Å². The number of thiocarbonyl (C=S) groups is 1. The molecule has 0 aliphatic carbocycles. The van der Waals surface area contributed by atoms with Crippen molar-refractivity contribution in [3.8, 4) is 0 Å². The van der Waals surface area contributed by atoms with Crippen LogP contribution in [-0.2, 0) is 0 Å². The fraction of sp³-hybridized carbons (Fsp3) is 0.969. The SMILES string of the molecule is CCCCCCCCCCC[CH2][Sn][CH2]CCCCCCCCCCC.CCCCSC(=S)CCC. The summed E-state index contributed by atoms with van der Waals surface area (Å²) in [5.74, 6) is 1.22. The average molecular weight is 634 g/mol. The van der Waals surface area contributed by atoms with Gasteiger partial charge >= 0.3 is 172 Å². The van der Waals surface area contributed by atoms with Crippen LogP contribution in [0.25, 0.3) is 0 Å². The zero-order chi connectivity index (χ0) is 26.1. The van der Waals surface area contributed by atoms with Crippen LogP contribution in [0.3, 0.4) is 0 Å². The van der Waals surface area contributed by atoms with Crippen molar-refractivity contribution in [2.75, 3.05) is 5.75 Å². The van der Waals surface area contributed by atoms with E-state index in [-0.39, 0.29) is 21.1 Å². The standard InChI is InChI=1S/2C12H25.C8H16S2.Sn/c2*1-3-5-7-9-11-12-10-8-6-4-2;1-3-5-7-10-8(9)6-4-2;/h2*1,3-12H2,2H3;3-7H2,1-2H3;. The topological polar surface area (TPSA) is 0 Å². The minimum atomic E-state index is 0.0377. The molecule has 0 unspecified atom stereocenters. The molecule has 0 spiro atoms. The predicted octanol–water partition coefficient (Wildman–Crippen LogP) is 13.0. The fourth-order valence-corrected chi connectivity index (χ4v) is 9.24. The van der Waals surface area contributed by atoms with E-state index in [9.17, 15) is 0 Å². The van der Waals surface area contributed by atoms with Gasteiger partial charge in [-0.05, 0) is 18.6 Å². The van der Waals surface area contributed by atoms with Gasteiger partial charge in [0.2, 0.25) is 0 Å². The Hall–Kier alpha value is 1.24. The van der Waals surface area contributed by atoms with E-state index in [0.29, 0.717) is 0 Å². The van der Waals surface area contributed by atoms with Crippen molar-refractivity contribution in [1.29, 1.82) is 0 Å². The molecule has 0 fully saturated rings. The molecule has 0 N–H and O–H groups in total. The third-order valence-corrected chi connectivity index (χ3v) is 12.2. The van der Waals surface area contributed by atoms with E-state index in [1.165, 1.54) is 145 Å². The molecule has 2 radical (unpaired) electrons. The molecule has 0 rings (SSSR count). The summed E-state index contributed by atoms with van der Waals surface area (Å²) in [7, 11) is 0. The average Bonchev–Trinajstić information content (AvgIpc) is 2.86. The van der Waals surface area contributed by atoms with Crippen molar-refractivity contribution in [1.82, 2.24) is 0 Å². The van der Waals surface area contributed by atoms with Gasteiger partial charge in [-0.1, -0.05) is 38.9 Å². The van der Waals surface area contributed by atoms with Gasteiger partial charge in [0.05, 0.1) is 0 Å². The first-order valence-electron chi connectivity index (χ1n) is 16.1. The fourth-order valence-electron chi connectivity index (χ4n) is 4.21. The van der Waals surface area contributed by atoms with Crippen molar-refractivity contribution < 1.29 is 0 Å². The number of thioether (sulfide) groups is 1. The van der Waals surface area contributed by atoms with Crippen molar-refractivity contribution in [3.05, 3.63) is 0 Å². The second-order valence-corrected chi connectivity index (χ2v) is 16.7. The molecule has 0 aromatic rings. The van der Waals surface area contributed by atoms with Crippen LogP contribution in [-0.4, -0.2) is 31.1 Å². The zero-order valence-corrected chi connectivity index (χ0v) is 29.4. The van der Waals surface area contributed by atoms with Crippen molar-refractivity contribution in [3.63, 3.8) is 0 Å². The molecule has 210 valence electrons. The van der Waals surface area contributed by atoms with Gasteiger partial charge in [-0.15, -0.1) is 11.8 Å². The molecule has 35 heavy (non-hydrogen) atoms. The molecule has 0 saturated heterocycles. The Morgan fingerprint density at radius 1 is 0.457 bits per heavy atom. The molecule has 0 heterocycles. The van der Waals surface area contributed by atoms with E-state index in [0.717, 1.165) is 6.42 Å². The van der Waals surface area contributed by atoms with E-state index < -0.39 is 0 Å². The van der Waals surface area contributed by atoms with Crippen LogP contribution in [0.5, 0.6) is 0 Å². The summed E-state index contributed by atoms with van der Waals surface area (Å²) in [5, 5.41) is 0. The molecular formula is C32H66S2Sn. The van der Waals surface area contributed by atoms with Gasteiger partial charge in [0.1, 0.15) is 0 Å². The number of hydrogen-bond donors (Lipinski definition) is 0. The van der Waals surface area contributed by atoms with Crippen LogP contribution in [0, 0.1) is 0 Å². The Morgan fingerprint density at radius 2 is 0.800 bits per heavy atom. The van der Waals surface area contributed by atoms with Gasteiger partial charge in [0, 0.05) is 4.20 Å². The van der Waals surface area contributed by atoms with Gasteiger partial charge in [-0.3, -0.25) is 0 Å². The van der Waals surface area contributed by atoms with Crippen molar-refractivity contribution in [2.24, 2.45) is 0 Å². The van der Waals surface area contributed by atoms with Gasteiger partial charge in [0.25, 0.3) is 0 Å². The Morgan fingerprint density at radius 3 is 1.14 bits per heavy atom. The summed E-state index contributed by atoms with van der Waals surface area (Å²) in [5.41, 5.74) is 0. The van der Waals surface area contributed by atoms with Crippen LogP contribution in [0.15, 0.2) is 0 Å². The number of hydrogen-bond acceptors (Lipinski definition) is 2. The van der Waals surface area contributed by atoms with Crippen molar-refractivity contribution in [2.45, 2.75) is 191 Å². The predicted molar refractivity (Wildman–Crippen MR) is 174 cm³/mol. The van der Waals surface area contributed by atoms with Crippen LogP contribution < -0.4 is 0 Å². The summed E-state index contributed by atoms with van der Waals surface area (Å²) in [6.07, 6.45) is 34.7. The van der Waals surface area contributed by atoms with Crippen LogP contribution >= 0.6 is 24.0 Å². The first kappa shape index (κ1) is 38.4. The summed E-state index contributed by atoms with van der Waals surface area (Å²) < 4.78 is 4.52. The summed E-state index contributed by atoms with van der Waals surface area (Å²) in [4.78, 5) is 0. The maximum atomic E-state index is 5.13. The zero-order valence-electron chi connectivity index (χ0n) is 24.9. The molecule has 3 heteroatoms. The molecular weight excluding hydrogens is 567 g/mol. The van der Waals surface area contributed by atoms with E-state index in [1.807, 2.05) is 11.8 Å². The van der Waals surface area contributed by atoms with Gasteiger partial charge in [0.15, 0.2) is 0 Å². The Bertz CT molecular complexity index is 351. The molecule has 0 saturated carbocycles. The third-order valence-electron chi connectivity index (χ3n) is 6.63. The van der Waals surface area contributed by atoms with Gasteiger partial charge in [-0.2, -0.15) is 0 Å². The number of rotatable bonds is 27. The maximum absolute atomic E-state index is 5.13. The first-order valence-corrected chi connectivity index (χ1v) is 21.5. The monoisotopic (exact) mass is 634 g/mol.